The molecule has 2 heterocycles. The Bertz CT molecular complexity index is 845. The maximum absolute atomic E-state index is 9.60. The lowest BCUT2D eigenvalue weighted by atomic mass is 9.77. The summed E-state index contributed by atoms with van der Waals surface area (Å²) in [5.41, 5.74) is 1.31. The standard InChI is InChI=1S/C28H42O6/c1-7-23-27(5,34-28(33-23)14-8-9-15-28)25-20(4)24(19(3)16-18(2)17-29)31-26(32-25)21-10-12-22(30-6)13-11-21/h10-13,16,19-20,23-26,29H,7-9,14-15,17H2,1-6H3/b18-16+/t19-,20+,23-,24+,25-,26-,27-/m1/s1. The molecule has 3 aliphatic rings. The van der Waals surface area contributed by atoms with E-state index in [0.29, 0.717) is 0 Å². The smallest absolute Gasteiger partial charge is 0.184 e. The van der Waals surface area contributed by atoms with E-state index in [4.69, 9.17) is 23.7 Å². The fourth-order valence-electron chi connectivity index (χ4n) is 6.23. The monoisotopic (exact) mass is 474 g/mol. The van der Waals surface area contributed by atoms with Gasteiger partial charge in [-0.3, -0.25) is 0 Å². The Morgan fingerprint density at radius 3 is 2.47 bits per heavy atom. The van der Waals surface area contributed by atoms with Gasteiger partial charge < -0.3 is 28.8 Å². The van der Waals surface area contributed by atoms with Crippen LogP contribution in [0.3, 0.4) is 0 Å². The van der Waals surface area contributed by atoms with Gasteiger partial charge >= 0.3 is 0 Å². The van der Waals surface area contributed by atoms with E-state index in [-0.39, 0.29) is 36.8 Å². The molecule has 3 fully saturated rings. The van der Waals surface area contributed by atoms with Crippen LogP contribution < -0.4 is 4.74 Å². The molecule has 2 saturated heterocycles. The summed E-state index contributed by atoms with van der Waals surface area (Å²) in [6, 6.07) is 7.86. The Hall–Kier alpha value is -1.44. The predicted molar refractivity (Wildman–Crippen MR) is 131 cm³/mol. The molecule has 1 aromatic rings. The maximum atomic E-state index is 9.60. The van der Waals surface area contributed by atoms with Crippen molar-refractivity contribution in [1.82, 2.24) is 0 Å². The fraction of sp³-hybridized carbons (Fsp3) is 0.714. The second kappa shape index (κ2) is 10.3. The van der Waals surface area contributed by atoms with Crippen LogP contribution in [0.4, 0.5) is 0 Å². The molecule has 6 nitrogen and oxygen atoms in total. The molecule has 1 spiro atoms. The second-order valence-corrected chi connectivity index (χ2v) is 10.6. The molecule has 0 unspecified atom stereocenters. The maximum Gasteiger partial charge on any atom is 0.184 e. The molecule has 4 rings (SSSR count). The van der Waals surface area contributed by atoms with Crippen molar-refractivity contribution in [3.8, 4) is 5.75 Å². The van der Waals surface area contributed by atoms with E-state index in [1.54, 1.807) is 7.11 Å². The van der Waals surface area contributed by atoms with E-state index in [2.05, 4.69) is 33.8 Å². The molecule has 190 valence electrons. The average molecular weight is 475 g/mol. The van der Waals surface area contributed by atoms with Crippen LogP contribution in [0.1, 0.15) is 78.6 Å². The number of ether oxygens (including phenoxy) is 5. The minimum absolute atomic E-state index is 0.0432. The van der Waals surface area contributed by atoms with Crippen molar-refractivity contribution in [2.45, 2.75) is 103 Å². The number of aliphatic hydroxyl groups is 1. The zero-order chi connectivity index (χ0) is 24.5. The third-order valence-electron chi connectivity index (χ3n) is 7.95. The van der Waals surface area contributed by atoms with Crippen LogP contribution in [0.5, 0.6) is 5.75 Å². The van der Waals surface area contributed by atoms with E-state index >= 15 is 0 Å². The third-order valence-corrected chi connectivity index (χ3v) is 7.95. The van der Waals surface area contributed by atoms with Crippen LogP contribution >= 0.6 is 0 Å². The molecular formula is C28H42O6. The van der Waals surface area contributed by atoms with Crippen LogP contribution in [0.2, 0.25) is 0 Å². The highest BCUT2D eigenvalue weighted by atomic mass is 16.8. The van der Waals surface area contributed by atoms with Gasteiger partial charge in [0.2, 0.25) is 0 Å². The van der Waals surface area contributed by atoms with Gasteiger partial charge in [-0.1, -0.05) is 44.6 Å². The molecule has 1 aromatic carbocycles. The highest BCUT2D eigenvalue weighted by molar-refractivity contribution is 5.28. The summed E-state index contributed by atoms with van der Waals surface area (Å²) in [6.07, 6.45) is 6.24. The van der Waals surface area contributed by atoms with Crippen molar-refractivity contribution in [3.63, 3.8) is 0 Å². The number of benzene rings is 1. The normalized spacial score (nSPS) is 36.7. The summed E-state index contributed by atoms with van der Waals surface area (Å²) in [5, 5.41) is 9.60. The molecule has 0 radical (unpaired) electrons. The SMILES string of the molecule is CC[C@H]1OC2(CCCC2)O[C@@]1(C)[C@@H]1O[C@H](c2ccc(OC)cc2)O[C@@H]([C@H](C)/C=C(\C)CO)[C@@H]1C. The van der Waals surface area contributed by atoms with E-state index < -0.39 is 17.7 Å². The molecule has 0 amide bonds. The van der Waals surface area contributed by atoms with E-state index in [1.165, 1.54) is 0 Å². The molecule has 1 aliphatic carbocycles. The van der Waals surface area contributed by atoms with E-state index in [0.717, 1.165) is 49.0 Å². The molecule has 7 atom stereocenters. The van der Waals surface area contributed by atoms with Gasteiger partial charge in [0.25, 0.3) is 0 Å². The van der Waals surface area contributed by atoms with Crippen molar-refractivity contribution >= 4 is 0 Å². The van der Waals surface area contributed by atoms with Crippen molar-refractivity contribution in [2.75, 3.05) is 13.7 Å². The average Bonchev–Trinajstić information content (AvgIpc) is 3.42. The van der Waals surface area contributed by atoms with Gasteiger partial charge in [0.1, 0.15) is 11.4 Å². The highest BCUT2D eigenvalue weighted by Gasteiger charge is 2.61. The summed E-state index contributed by atoms with van der Waals surface area (Å²) < 4.78 is 32.2. The quantitative estimate of drug-likeness (QED) is 0.523. The third kappa shape index (κ3) is 4.80. The van der Waals surface area contributed by atoms with E-state index in [9.17, 15) is 5.11 Å². The van der Waals surface area contributed by atoms with Gasteiger partial charge in [-0.2, -0.15) is 0 Å². The van der Waals surface area contributed by atoms with Crippen molar-refractivity contribution in [1.29, 1.82) is 0 Å². The molecule has 34 heavy (non-hydrogen) atoms. The highest BCUT2D eigenvalue weighted by Crippen LogP contribution is 2.52. The van der Waals surface area contributed by atoms with Crippen LogP contribution in [0.15, 0.2) is 35.9 Å². The van der Waals surface area contributed by atoms with Gasteiger partial charge in [0, 0.05) is 30.2 Å². The van der Waals surface area contributed by atoms with Crippen molar-refractivity contribution < 1.29 is 28.8 Å². The van der Waals surface area contributed by atoms with Gasteiger partial charge in [-0.25, -0.2) is 0 Å². The molecule has 0 bridgehead atoms. The number of rotatable bonds is 7. The number of methoxy groups -OCH3 is 1. The topological polar surface area (TPSA) is 66.4 Å². The number of hydrogen-bond donors (Lipinski definition) is 1. The molecule has 1 N–H and O–H groups in total. The van der Waals surface area contributed by atoms with Crippen molar-refractivity contribution in [3.05, 3.63) is 41.5 Å². The Kier molecular flexibility index (Phi) is 7.75. The van der Waals surface area contributed by atoms with E-state index in [1.807, 2.05) is 31.2 Å². The minimum atomic E-state index is -0.583. The zero-order valence-corrected chi connectivity index (χ0v) is 21.6. The Labute approximate surface area is 204 Å². The minimum Gasteiger partial charge on any atom is -0.497 e. The summed E-state index contributed by atoms with van der Waals surface area (Å²) in [7, 11) is 1.66. The van der Waals surface area contributed by atoms with Gasteiger partial charge in [-0.05, 0) is 45.2 Å². The first-order valence-electron chi connectivity index (χ1n) is 12.9. The van der Waals surface area contributed by atoms with Crippen LogP contribution in [-0.2, 0) is 18.9 Å². The summed E-state index contributed by atoms with van der Waals surface area (Å²) in [5.74, 6) is 0.470. The molecule has 2 aliphatic heterocycles. The lowest BCUT2D eigenvalue weighted by Gasteiger charge is -2.49. The lowest BCUT2D eigenvalue weighted by molar-refractivity contribution is -0.317. The molecular weight excluding hydrogens is 432 g/mol. The zero-order valence-electron chi connectivity index (χ0n) is 21.6. The molecule has 1 saturated carbocycles. The first-order valence-corrected chi connectivity index (χ1v) is 12.9. The Morgan fingerprint density at radius 1 is 1.21 bits per heavy atom. The summed E-state index contributed by atoms with van der Waals surface area (Å²) in [6.45, 7) is 10.7. The predicted octanol–water partition coefficient (Wildman–Crippen LogP) is 5.54. The van der Waals surface area contributed by atoms with Crippen molar-refractivity contribution in [2.24, 2.45) is 11.8 Å². The van der Waals surface area contributed by atoms with Crippen LogP contribution in [0, 0.1) is 11.8 Å². The summed E-state index contributed by atoms with van der Waals surface area (Å²) >= 11 is 0. The van der Waals surface area contributed by atoms with Gasteiger partial charge in [-0.15, -0.1) is 0 Å². The van der Waals surface area contributed by atoms with Gasteiger partial charge in [0.15, 0.2) is 12.1 Å². The largest absolute Gasteiger partial charge is 0.497 e. The summed E-state index contributed by atoms with van der Waals surface area (Å²) in [4.78, 5) is 0. The molecule has 0 aromatic heterocycles. The van der Waals surface area contributed by atoms with Crippen LogP contribution in [0.25, 0.3) is 0 Å². The first kappa shape index (κ1) is 25.6. The lowest BCUT2D eigenvalue weighted by Crippen LogP contribution is -2.58. The van der Waals surface area contributed by atoms with Crippen LogP contribution in [-0.4, -0.2) is 48.5 Å². The number of aliphatic hydroxyl groups excluding tert-OH is 1. The number of hydrogen-bond acceptors (Lipinski definition) is 6. The van der Waals surface area contributed by atoms with Gasteiger partial charge in [0.05, 0.1) is 32.0 Å². The fourth-order valence-corrected chi connectivity index (χ4v) is 6.23. The molecule has 6 heteroatoms. The second-order valence-electron chi connectivity index (χ2n) is 10.6. The Balaban J connectivity index is 1.69. The first-order chi connectivity index (χ1) is 16.2. The Morgan fingerprint density at radius 2 is 1.88 bits per heavy atom.